The van der Waals surface area contributed by atoms with Gasteiger partial charge in [-0.25, -0.2) is 14.4 Å². The molecule has 3 aromatic rings. The van der Waals surface area contributed by atoms with E-state index in [1.807, 2.05) is 0 Å². The number of imidazole rings is 1. The largest absolute Gasteiger partial charge is 0.347 e. The second-order valence-electron chi connectivity index (χ2n) is 5.36. The minimum atomic E-state index is -0.377. The van der Waals surface area contributed by atoms with Crippen molar-refractivity contribution in [2.45, 2.75) is 20.4 Å². The Kier molecular flexibility index (Phi) is 4.33. The number of halogens is 1. The molecule has 0 bridgehead atoms. The molecule has 1 amide bonds. The lowest BCUT2D eigenvalue weighted by molar-refractivity contribution is 0.0945. The Hall–Kier alpha value is -3.09. The highest BCUT2D eigenvalue weighted by Crippen LogP contribution is 2.16. The molecule has 1 aromatic carbocycles. The minimum Gasteiger partial charge on any atom is -0.347 e. The Morgan fingerprint density at radius 1 is 1.21 bits per heavy atom. The second-order valence-corrected chi connectivity index (χ2v) is 5.36. The Bertz CT molecular complexity index is 873. The highest BCUT2D eigenvalue weighted by molar-refractivity contribution is 5.91. The monoisotopic (exact) mass is 325 g/mol. The summed E-state index contributed by atoms with van der Waals surface area (Å²) < 4.78 is 16.0. The van der Waals surface area contributed by atoms with E-state index >= 15 is 0 Å². The van der Waals surface area contributed by atoms with Gasteiger partial charge in [0.2, 0.25) is 0 Å². The first kappa shape index (κ1) is 15.8. The summed E-state index contributed by atoms with van der Waals surface area (Å²) in [5.41, 5.74) is 2.04. The van der Waals surface area contributed by atoms with E-state index in [2.05, 4.69) is 20.3 Å². The third-order valence-electron chi connectivity index (χ3n) is 3.56. The van der Waals surface area contributed by atoms with E-state index in [-0.39, 0.29) is 24.0 Å². The third-order valence-corrected chi connectivity index (χ3v) is 3.56. The molecule has 24 heavy (non-hydrogen) atoms. The number of carbonyl (C=O) groups is 1. The van der Waals surface area contributed by atoms with Gasteiger partial charge in [-0.15, -0.1) is 0 Å². The van der Waals surface area contributed by atoms with Crippen LogP contribution >= 0.6 is 0 Å². The van der Waals surface area contributed by atoms with Gasteiger partial charge >= 0.3 is 0 Å². The molecule has 0 aliphatic heterocycles. The average Bonchev–Trinajstić information content (AvgIpc) is 2.99. The topological polar surface area (TPSA) is 72.7 Å². The van der Waals surface area contributed by atoms with Crippen molar-refractivity contribution in [1.82, 2.24) is 24.8 Å². The lowest BCUT2D eigenvalue weighted by Crippen LogP contribution is -2.24. The smallest absolute Gasteiger partial charge is 0.271 e. The van der Waals surface area contributed by atoms with Gasteiger partial charge in [-0.05, 0) is 31.5 Å². The number of rotatable bonds is 4. The molecule has 0 aliphatic rings. The SMILES string of the molecule is Cc1cnc(C(=O)NCc2ccc(-n3ccnc3C)c(F)c2)cn1. The molecule has 0 spiro atoms. The van der Waals surface area contributed by atoms with Gasteiger partial charge in [0.1, 0.15) is 17.3 Å². The summed E-state index contributed by atoms with van der Waals surface area (Å²) in [5.74, 6) is -0.0247. The van der Waals surface area contributed by atoms with Crippen molar-refractivity contribution in [3.05, 3.63) is 71.6 Å². The van der Waals surface area contributed by atoms with Crippen LogP contribution in [0.3, 0.4) is 0 Å². The molecular formula is C17H16FN5O. The van der Waals surface area contributed by atoms with Gasteiger partial charge in [-0.1, -0.05) is 6.07 Å². The molecule has 0 radical (unpaired) electrons. The molecule has 2 heterocycles. The normalized spacial score (nSPS) is 10.6. The molecule has 2 aromatic heterocycles. The summed E-state index contributed by atoms with van der Waals surface area (Å²) in [6.45, 7) is 3.80. The van der Waals surface area contributed by atoms with E-state index < -0.39 is 0 Å². The summed E-state index contributed by atoms with van der Waals surface area (Å²) in [6.07, 6.45) is 6.25. The summed E-state index contributed by atoms with van der Waals surface area (Å²) in [4.78, 5) is 24.1. The predicted molar refractivity (Wildman–Crippen MR) is 86.2 cm³/mol. The zero-order chi connectivity index (χ0) is 17.1. The molecule has 0 atom stereocenters. The van der Waals surface area contributed by atoms with Crippen LogP contribution in [0.5, 0.6) is 0 Å². The first-order valence-corrected chi connectivity index (χ1v) is 7.40. The molecule has 0 aliphatic carbocycles. The first-order chi connectivity index (χ1) is 11.5. The summed E-state index contributed by atoms with van der Waals surface area (Å²) >= 11 is 0. The zero-order valence-corrected chi connectivity index (χ0v) is 13.3. The zero-order valence-electron chi connectivity index (χ0n) is 13.3. The highest BCUT2D eigenvalue weighted by atomic mass is 19.1. The van der Waals surface area contributed by atoms with Gasteiger partial charge in [0, 0.05) is 25.1 Å². The Balaban J connectivity index is 1.70. The van der Waals surface area contributed by atoms with Crippen LogP contribution in [-0.4, -0.2) is 25.4 Å². The van der Waals surface area contributed by atoms with E-state index in [4.69, 9.17) is 0 Å². The number of hydrogen-bond acceptors (Lipinski definition) is 4. The van der Waals surface area contributed by atoms with Gasteiger partial charge in [0.15, 0.2) is 0 Å². The standard InChI is InChI=1S/C17H16FN5O/c1-11-8-21-15(10-20-11)17(24)22-9-13-3-4-16(14(18)7-13)23-6-5-19-12(23)2/h3-8,10H,9H2,1-2H3,(H,22,24). The number of aryl methyl sites for hydroxylation is 2. The maximum atomic E-state index is 14.3. The molecule has 0 fully saturated rings. The van der Waals surface area contributed by atoms with Crippen LogP contribution in [0.2, 0.25) is 0 Å². The van der Waals surface area contributed by atoms with E-state index in [0.29, 0.717) is 17.1 Å². The van der Waals surface area contributed by atoms with Crippen molar-refractivity contribution >= 4 is 5.91 Å². The molecule has 7 heteroatoms. The van der Waals surface area contributed by atoms with Gasteiger partial charge in [-0.3, -0.25) is 9.78 Å². The number of nitrogens with one attached hydrogen (secondary N) is 1. The molecule has 122 valence electrons. The van der Waals surface area contributed by atoms with Crippen molar-refractivity contribution in [2.24, 2.45) is 0 Å². The number of benzene rings is 1. The predicted octanol–water partition coefficient (Wildman–Crippen LogP) is 2.35. The van der Waals surface area contributed by atoms with Crippen molar-refractivity contribution in [2.75, 3.05) is 0 Å². The maximum absolute atomic E-state index is 14.3. The van der Waals surface area contributed by atoms with E-state index in [1.165, 1.54) is 18.5 Å². The Labute approximate surface area is 138 Å². The second kappa shape index (κ2) is 6.57. The van der Waals surface area contributed by atoms with Crippen LogP contribution in [-0.2, 0) is 6.54 Å². The number of carbonyl (C=O) groups excluding carboxylic acids is 1. The van der Waals surface area contributed by atoms with Gasteiger partial charge in [-0.2, -0.15) is 0 Å². The van der Waals surface area contributed by atoms with Crippen molar-refractivity contribution in [3.63, 3.8) is 0 Å². The number of amides is 1. The number of aromatic nitrogens is 4. The molecular weight excluding hydrogens is 309 g/mol. The Morgan fingerprint density at radius 2 is 2.04 bits per heavy atom. The van der Waals surface area contributed by atoms with E-state index in [0.717, 1.165) is 5.69 Å². The van der Waals surface area contributed by atoms with Crippen LogP contribution < -0.4 is 5.32 Å². The number of nitrogens with zero attached hydrogens (tertiary/aromatic N) is 4. The van der Waals surface area contributed by atoms with E-state index in [9.17, 15) is 9.18 Å². The van der Waals surface area contributed by atoms with Crippen LogP contribution in [0.1, 0.15) is 27.6 Å². The lowest BCUT2D eigenvalue weighted by atomic mass is 10.2. The maximum Gasteiger partial charge on any atom is 0.271 e. The van der Waals surface area contributed by atoms with Gasteiger partial charge < -0.3 is 9.88 Å². The average molecular weight is 325 g/mol. The quantitative estimate of drug-likeness (QED) is 0.799. The molecule has 3 rings (SSSR count). The van der Waals surface area contributed by atoms with Crippen molar-refractivity contribution < 1.29 is 9.18 Å². The van der Waals surface area contributed by atoms with Crippen LogP contribution in [0.4, 0.5) is 4.39 Å². The fraction of sp³-hybridized carbons (Fsp3) is 0.176. The third kappa shape index (κ3) is 3.29. The molecule has 0 saturated carbocycles. The first-order valence-electron chi connectivity index (χ1n) is 7.40. The van der Waals surface area contributed by atoms with Crippen LogP contribution in [0.15, 0.2) is 43.0 Å². The van der Waals surface area contributed by atoms with Crippen molar-refractivity contribution in [1.29, 1.82) is 0 Å². The van der Waals surface area contributed by atoms with Gasteiger partial charge in [0.25, 0.3) is 5.91 Å². The number of hydrogen-bond donors (Lipinski definition) is 1. The summed E-state index contributed by atoms with van der Waals surface area (Å²) in [5, 5.41) is 2.70. The summed E-state index contributed by atoms with van der Waals surface area (Å²) in [6, 6.07) is 4.83. The fourth-order valence-corrected chi connectivity index (χ4v) is 2.27. The van der Waals surface area contributed by atoms with E-state index in [1.54, 1.807) is 42.9 Å². The Morgan fingerprint density at radius 3 is 2.67 bits per heavy atom. The van der Waals surface area contributed by atoms with Crippen LogP contribution in [0.25, 0.3) is 5.69 Å². The summed E-state index contributed by atoms with van der Waals surface area (Å²) in [7, 11) is 0. The molecule has 6 nitrogen and oxygen atoms in total. The lowest BCUT2D eigenvalue weighted by Gasteiger charge is -2.09. The highest BCUT2D eigenvalue weighted by Gasteiger charge is 2.10. The fourth-order valence-electron chi connectivity index (χ4n) is 2.27. The molecule has 1 N–H and O–H groups in total. The molecule has 0 unspecified atom stereocenters. The minimum absolute atomic E-state index is 0.203. The van der Waals surface area contributed by atoms with Crippen molar-refractivity contribution in [3.8, 4) is 5.69 Å². The van der Waals surface area contributed by atoms with Crippen LogP contribution in [0, 0.1) is 19.7 Å². The molecule has 0 saturated heterocycles. The van der Waals surface area contributed by atoms with Gasteiger partial charge in [0.05, 0.1) is 17.6 Å².